The lowest BCUT2D eigenvalue weighted by Crippen LogP contribution is -2.54. The van der Waals surface area contributed by atoms with Crippen molar-refractivity contribution in [2.24, 2.45) is 0 Å². The molecule has 0 aliphatic carbocycles. The molecule has 126 valence electrons. The van der Waals surface area contributed by atoms with Crippen molar-refractivity contribution in [3.05, 3.63) is 0 Å². The number of rotatable bonds is 10. The molecule has 0 spiro atoms. The first-order valence-corrected chi connectivity index (χ1v) is 10.4. The lowest BCUT2D eigenvalue weighted by Gasteiger charge is -2.32. The molecule has 0 saturated heterocycles. The number of thioether (sulfide) groups is 1. The van der Waals surface area contributed by atoms with E-state index in [9.17, 15) is 13.2 Å². The van der Waals surface area contributed by atoms with Gasteiger partial charge in [-0.15, -0.1) is 0 Å². The number of ether oxygens (including phenoxy) is 1. The van der Waals surface area contributed by atoms with Gasteiger partial charge in [0.05, 0.1) is 12.4 Å². The highest BCUT2D eigenvalue weighted by Gasteiger charge is 2.36. The van der Waals surface area contributed by atoms with Crippen LogP contribution in [-0.2, 0) is 19.4 Å². The Bertz CT molecular complexity index is 423. The fourth-order valence-electron chi connectivity index (χ4n) is 2.16. The second kappa shape index (κ2) is 9.00. The van der Waals surface area contributed by atoms with Crippen molar-refractivity contribution in [3.63, 3.8) is 0 Å². The summed E-state index contributed by atoms with van der Waals surface area (Å²) in [7, 11) is -2.94. The van der Waals surface area contributed by atoms with Crippen LogP contribution >= 0.6 is 11.8 Å². The summed E-state index contributed by atoms with van der Waals surface area (Å²) in [4.78, 5) is 12.2. The first-order chi connectivity index (χ1) is 9.50. The minimum absolute atomic E-state index is 0.160. The van der Waals surface area contributed by atoms with E-state index in [0.29, 0.717) is 18.8 Å². The quantitative estimate of drug-likeness (QED) is 0.613. The standard InChI is InChI=1S/C14H29NO4S2/c1-7-19-13(16)14(5,15-11(2)3)10-12(4)20-8-9-21(6,17)18/h11-12,15H,7-10H2,1-6H3. The van der Waals surface area contributed by atoms with Crippen molar-refractivity contribution >= 4 is 27.6 Å². The van der Waals surface area contributed by atoms with E-state index in [4.69, 9.17) is 4.74 Å². The highest BCUT2D eigenvalue weighted by molar-refractivity contribution is 8.01. The van der Waals surface area contributed by atoms with E-state index in [2.05, 4.69) is 5.32 Å². The molecule has 0 saturated carbocycles. The van der Waals surface area contributed by atoms with E-state index in [0.717, 1.165) is 0 Å². The van der Waals surface area contributed by atoms with Crippen molar-refractivity contribution in [3.8, 4) is 0 Å². The third-order valence-electron chi connectivity index (χ3n) is 2.89. The lowest BCUT2D eigenvalue weighted by molar-refractivity contribution is -0.151. The monoisotopic (exact) mass is 339 g/mol. The molecule has 2 unspecified atom stereocenters. The molecule has 5 nitrogen and oxygen atoms in total. The van der Waals surface area contributed by atoms with E-state index in [1.54, 1.807) is 18.7 Å². The van der Waals surface area contributed by atoms with Gasteiger partial charge in [-0.3, -0.25) is 10.1 Å². The van der Waals surface area contributed by atoms with Gasteiger partial charge in [-0.05, 0) is 34.1 Å². The maximum atomic E-state index is 12.2. The average Bonchev–Trinajstić information content (AvgIpc) is 2.25. The van der Waals surface area contributed by atoms with Gasteiger partial charge in [0.25, 0.3) is 0 Å². The second-order valence-corrected chi connectivity index (χ2v) is 9.67. The van der Waals surface area contributed by atoms with Crippen molar-refractivity contribution in [2.45, 2.75) is 57.9 Å². The highest BCUT2D eigenvalue weighted by atomic mass is 32.2. The molecule has 0 heterocycles. The van der Waals surface area contributed by atoms with Gasteiger partial charge in [-0.1, -0.05) is 6.92 Å². The van der Waals surface area contributed by atoms with Crippen LogP contribution < -0.4 is 5.32 Å². The van der Waals surface area contributed by atoms with E-state index in [1.165, 1.54) is 6.26 Å². The molecule has 21 heavy (non-hydrogen) atoms. The fraction of sp³-hybridized carbons (Fsp3) is 0.929. The van der Waals surface area contributed by atoms with Gasteiger partial charge < -0.3 is 4.74 Å². The summed E-state index contributed by atoms with van der Waals surface area (Å²) in [6.07, 6.45) is 1.83. The molecule has 0 rings (SSSR count). The number of sulfone groups is 1. The average molecular weight is 340 g/mol. The summed E-state index contributed by atoms with van der Waals surface area (Å²) in [5.41, 5.74) is -0.748. The molecule has 0 radical (unpaired) electrons. The summed E-state index contributed by atoms with van der Waals surface area (Å²) in [6, 6.07) is 0.160. The molecule has 0 bridgehead atoms. The minimum Gasteiger partial charge on any atom is -0.465 e. The third kappa shape index (κ3) is 9.37. The molecule has 1 N–H and O–H groups in total. The Hall–Kier alpha value is -0.270. The van der Waals surface area contributed by atoms with Crippen LogP contribution in [-0.4, -0.2) is 55.6 Å². The Morgan fingerprint density at radius 2 is 1.90 bits per heavy atom. The summed E-state index contributed by atoms with van der Waals surface area (Å²) < 4.78 is 27.4. The first-order valence-electron chi connectivity index (χ1n) is 7.24. The summed E-state index contributed by atoms with van der Waals surface area (Å²) in [6.45, 7) is 9.96. The zero-order valence-corrected chi connectivity index (χ0v) is 15.6. The van der Waals surface area contributed by atoms with Crippen molar-refractivity contribution < 1.29 is 17.9 Å². The van der Waals surface area contributed by atoms with Crippen LogP contribution in [0.2, 0.25) is 0 Å². The van der Waals surface area contributed by atoms with E-state index >= 15 is 0 Å². The fourth-order valence-corrected chi connectivity index (χ4v) is 4.61. The van der Waals surface area contributed by atoms with Crippen LogP contribution in [0.15, 0.2) is 0 Å². The van der Waals surface area contributed by atoms with E-state index < -0.39 is 15.4 Å². The third-order valence-corrected chi connectivity index (χ3v) is 5.27. The van der Waals surface area contributed by atoms with Crippen molar-refractivity contribution in [1.29, 1.82) is 0 Å². The number of hydrogen-bond acceptors (Lipinski definition) is 6. The maximum absolute atomic E-state index is 12.2. The number of carbonyl (C=O) groups excluding carboxylic acids is 1. The minimum atomic E-state index is -2.94. The molecule has 0 aliphatic heterocycles. The van der Waals surface area contributed by atoms with Crippen molar-refractivity contribution in [2.75, 3.05) is 24.4 Å². The van der Waals surface area contributed by atoms with Gasteiger partial charge in [0, 0.05) is 23.3 Å². The lowest BCUT2D eigenvalue weighted by atomic mass is 9.95. The summed E-state index contributed by atoms with van der Waals surface area (Å²) in [5.74, 6) is 0.449. The smallest absolute Gasteiger partial charge is 0.326 e. The molecule has 0 aromatic heterocycles. The molecular formula is C14H29NO4S2. The van der Waals surface area contributed by atoms with Gasteiger partial charge in [0.1, 0.15) is 15.4 Å². The molecule has 0 fully saturated rings. The van der Waals surface area contributed by atoms with E-state index in [-0.39, 0.29) is 23.0 Å². The Morgan fingerprint density at radius 1 is 1.33 bits per heavy atom. The van der Waals surface area contributed by atoms with Crippen LogP contribution in [0.4, 0.5) is 0 Å². The Kier molecular flexibility index (Phi) is 8.89. The van der Waals surface area contributed by atoms with Crippen LogP contribution in [0.25, 0.3) is 0 Å². The number of hydrogen-bond donors (Lipinski definition) is 1. The molecular weight excluding hydrogens is 310 g/mol. The van der Waals surface area contributed by atoms with Gasteiger partial charge in [0.2, 0.25) is 0 Å². The van der Waals surface area contributed by atoms with Gasteiger partial charge in [-0.2, -0.15) is 11.8 Å². The largest absolute Gasteiger partial charge is 0.465 e. The summed E-state index contributed by atoms with van der Waals surface area (Å²) in [5, 5.41) is 3.43. The molecule has 7 heteroatoms. The maximum Gasteiger partial charge on any atom is 0.326 e. The highest BCUT2D eigenvalue weighted by Crippen LogP contribution is 2.24. The molecule has 0 aromatic rings. The predicted octanol–water partition coefficient (Wildman–Crippen LogP) is 1.86. The normalized spacial score (nSPS) is 16.5. The topological polar surface area (TPSA) is 72.5 Å². The molecule has 0 aliphatic rings. The van der Waals surface area contributed by atoms with Crippen LogP contribution in [0.1, 0.15) is 41.0 Å². The summed E-state index contributed by atoms with van der Waals surface area (Å²) >= 11 is 1.57. The van der Waals surface area contributed by atoms with Gasteiger partial charge in [-0.25, -0.2) is 8.42 Å². The predicted molar refractivity (Wildman–Crippen MR) is 89.6 cm³/mol. The molecule has 0 aromatic carbocycles. The van der Waals surface area contributed by atoms with Gasteiger partial charge in [0.15, 0.2) is 0 Å². The second-order valence-electron chi connectivity index (χ2n) is 5.87. The number of nitrogens with one attached hydrogen (secondary N) is 1. The molecule has 2 atom stereocenters. The number of carbonyl (C=O) groups is 1. The van der Waals surface area contributed by atoms with Crippen LogP contribution in [0.5, 0.6) is 0 Å². The zero-order valence-electron chi connectivity index (χ0n) is 13.9. The number of esters is 1. The van der Waals surface area contributed by atoms with Crippen LogP contribution in [0.3, 0.4) is 0 Å². The Morgan fingerprint density at radius 3 is 2.33 bits per heavy atom. The van der Waals surface area contributed by atoms with Crippen LogP contribution in [0, 0.1) is 0 Å². The Labute approximate surface area is 133 Å². The van der Waals surface area contributed by atoms with Crippen molar-refractivity contribution in [1.82, 2.24) is 5.32 Å². The molecule has 0 amide bonds. The van der Waals surface area contributed by atoms with E-state index in [1.807, 2.05) is 27.7 Å². The Balaban J connectivity index is 4.62. The zero-order chi connectivity index (χ0) is 16.7. The van der Waals surface area contributed by atoms with Gasteiger partial charge >= 0.3 is 5.97 Å². The SMILES string of the molecule is CCOC(=O)C(C)(CC(C)SCCS(C)(=O)=O)NC(C)C. The first kappa shape index (κ1) is 20.7.